The third-order valence-corrected chi connectivity index (χ3v) is 4.71. The lowest BCUT2D eigenvalue weighted by molar-refractivity contribution is 0.386. The number of thioether (sulfide) groups is 1. The van der Waals surface area contributed by atoms with E-state index in [1.165, 1.54) is 26.4 Å². The smallest absolute Gasteiger partial charge is 0.165 e. The van der Waals surface area contributed by atoms with Crippen LogP contribution in [0.25, 0.3) is 0 Å². The number of halogens is 1. The second kappa shape index (κ2) is 6.43. The average molecular weight is 269 g/mol. The highest BCUT2D eigenvalue weighted by Gasteiger charge is 2.25. The van der Waals surface area contributed by atoms with Crippen molar-refractivity contribution >= 4 is 11.8 Å². The largest absolute Gasteiger partial charge is 0.494 e. The lowest BCUT2D eigenvalue weighted by Gasteiger charge is -2.19. The summed E-state index contributed by atoms with van der Waals surface area (Å²) in [7, 11) is 1.48. The van der Waals surface area contributed by atoms with Crippen molar-refractivity contribution in [3.8, 4) is 5.75 Å². The topological polar surface area (TPSA) is 21.3 Å². The van der Waals surface area contributed by atoms with Crippen LogP contribution in [-0.4, -0.2) is 24.7 Å². The molecule has 0 bridgehead atoms. The highest BCUT2D eigenvalue weighted by Crippen LogP contribution is 2.28. The Morgan fingerprint density at radius 3 is 2.94 bits per heavy atom. The summed E-state index contributed by atoms with van der Waals surface area (Å²) in [4.78, 5) is 0. The number of hydrogen-bond acceptors (Lipinski definition) is 3. The number of ether oxygens (including phenoxy) is 1. The van der Waals surface area contributed by atoms with E-state index < -0.39 is 0 Å². The molecule has 0 radical (unpaired) electrons. The zero-order valence-corrected chi connectivity index (χ0v) is 11.7. The molecule has 2 nitrogen and oxygen atoms in total. The van der Waals surface area contributed by atoms with Crippen LogP contribution < -0.4 is 10.1 Å². The van der Waals surface area contributed by atoms with Gasteiger partial charge < -0.3 is 10.1 Å². The van der Waals surface area contributed by atoms with Crippen LogP contribution in [0.15, 0.2) is 18.2 Å². The van der Waals surface area contributed by atoms with Crippen molar-refractivity contribution < 1.29 is 9.13 Å². The molecular weight excluding hydrogens is 249 g/mol. The van der Waals surface area contributed by atoms with Crippen molar-refractivity contribution in [2.24, 2.45) is 0 Å². The van der Waals surface area contributed by atoms with Gasteiger partial charge in [-0.15, -0.1) is 0 Å². The molecule has 1 aromatic carbocycles. The van der Waals surface area contributed by atoms with Crippen LogP contribution in [-0.2, 0) is 6.54 Å². The van der Waals surface area contributed by atoms with Gasteiger partial charge in [-0.2, -0.15) is 11.8 Å². The quantitative estimate of drug-likeness (QED) is 0.887. The first kappa shape index (κ1) is 13.7. The van der Waals surface area contributed by atoms with E-state index in [2.05, 4.69) is 11.6 Å². The first-order valence-electron chi connectivity index (χ1n) is 6.33. The van der Waals surface area contributed by atoms with E-state index in [-0.39, 0.29) is 5.82 Å². The molecule has 1 aromatic rings. The van der Waals surface area contributed by atoms with E-state index in [1.54, 1.807) is 12.1 Å². The first-order valence-corrected chi connectivity index (χ1v) is 7.62. The number of benzene rings is 1. The zero-order chi connectivity index (χ0) is 13.0. The van der Waals surface area contributed by atoms with Gasteiger partial charge in [0.15, 0.2) is 11.6 Å². The maximum absolute atomic E-state index is 13.5. The number of nitrogens with one attached hydrogen (secondary N) is 1. The molecule has 1 saturated carbocycles. The summed E-state index contributed by atoms with van der Waals surface area (Å²) in [5.41, 5.74) is 0.972. The number of rotatable bonds is 5. The minimum Gasteiger partial charge on any atom is -0.494 e. The molecule has 2 rings (SSSR count). The first-order chi connectivity index (χ1) is 8.74. The van der Waals surface area contributed by atoms with Crippen molar-refractivity contribution in [3.63, 3.8) is 0 Å². The van der Waals surface area contributed by atoms with E-state index >= 15 is 0 Å². The minimum atomic E-state index is -0.287. The maximum atomic E-state index is 13.5. The molecular formula is C14H20FNOS. The van der Waals surface area contributed by atoms with Crippen LogP contribution in [0, 0.1) is 5.82 Å². The van der Waals surface area contributed by atoms with Crippen LogP contribution in [0.3, 0.4) is 0 Å². The van der Waals surface area contributed by atoms with Crippen molar-refractivity contribution in [2.75, 3.05) is 13.4 Å². The predicted octanol–water partition coefficient (Wildman–Crippen LogP) is 3.21. The fourth-order valence-corrected chi connectivity index (χ4v) is 3.47. The second-order valence-corrected chi connectivity index (χ2v) is 5.74. The Morgan fingerprint density at radius 2 is 2.28 bits per heavy atom. The zero-order valence-electron chi connectivity index (χ0n) is 10.9. The molecule has 1 N–H and O–H groups in total. The van der Waals surface area contributed by atoms with E-state index in [9.17, 15) is 4.39 Å². The van der Waals surface area contributed by atoms with Gasteiger partial charge >= 0.3 is 0 Å². The van der Waals surface area contributed by atoms with Gasteiger partial charge in [0.2, 0.25) is 0 Å². The highest BCUT2D eigenvalue weighted by molar-refractivity contribution is 7.99. The van der Waals surface area contributed by atoms with Crippen LogP contribution in [0.2, 0.25) is 0 Å². The molecule has 4 heteroatoms. The van der Waals surface area contributed by atoms with E-state index in [0.717, 1.165) is 12.1 Å². The Labute approximate surface area is 112 Å². The van der Waals surface area contributed by atoms with Gasteiger partial charge in [-0.3, -0.25) is 0 Å². The summed E-state index contributed by atoms with van der Waals surface area (Å²) in [6, 6.07) is 5.71. The summed E-state index contributed by atoms with van der Waals surface area (Å²) < 4.78 is 18.5. The SMILES string of the molecule is COc1ccc(CNC2CCCC2SC)cc1F. The van der Waals surface area contributed by atoms with Gasteiger partial charge in [0.05, 0.1) is 7.11 Å². The molecule has 18 heavy (non-hydrogen) atoms. The molecule has 0 spiro atoms. The lowest BCUT2D eigenvalue weighted by Crippen LogP contribution is -2.33. The van der Waals surface area contributed by atoms with Crippen molar-refractivity contribution in [1.29, 1.82) is 0 Å². The van der Waals surface area contributed by atoms with Gasteiger partial charge in [-0.05, 0) is 36.8 Å². The molecule has 1 aliphatic rings. The average Bonchev–Trinajstić information content (AvgIpc) is 2.84. The van der Waals surface area contributed by atoms with Crippen molar-refractivity contribution in [2.45, 2.75) is 37.1 Å². The van der Waals surface area contributed by atoms with Crippen molar-refractivity contribution in [1.82, 2.24) is 5.32 Å². The fourth-order valence-electron chi connectivity index (χ4n) is 2.51. The van der Waals surface area contributed by atoms with Gasteiger partial charge in [0, 0.05) is 17.8 Å². The molecule has 0 heterocycles. The molecule has 2 atom stereocenters. The summed E-state index contributed by atoms with van der Waals surface area (Å²) >= 11 is 1.93. The van der Waals surface area contributed by atoms with Gasteiger partial charge in [0.25, 0.3) is 0 Å². The second-order valence-electron chi connectivity index (χ2n) is 4.66. The highest BCUT2D eigenvalue weighted by atomic mass is 32.2. The summed E-state index contributed by atoms with van der Waals surface area (Å²) in [5.74, 6) is 0.0197. The number of methoxy groups -OCH3 is 1. The fraction of sp³-hybridized carbons (Fsp3) is 0.571. The van der Waals surface area contributed by atoms with Crippen molar-refractivity contribution in [3.05, 3.63) is 29.6 Å². The standard InChI is InChI=1S/C14H20FNOS/c1-17-13-7-6-10(8-11(13)15)9-16-12-4-3-5-14(12)18-2/h6-8,12,14,16H,3-5,9H2,1-2H3. The molecule has 2 unspecified atom stereocenters. The predicted molar refractivity (Wildman–Crippen MR) is 74.7 cm³/mol. The molecule has 0 amide bonds. The lowest BCUT2D eigenvalue weighted by atomic mass is 10.2. The van der Waals surface area contributed by atoms with Gasteiger partial charge in [0.1, 0.15) is 0 Å². The molecule has 100 valence electrons. The third-order valence-electron chi connectivity index (χ3n) is 3.54. The normalized spacial score (nSPS) is 23.3. The van der Waals surface area contributed by atoms with Crippen LogP contribution in [0.1, 0.15) is 24.8 Å². The van der Waals surface area contributed by atoms with E-state index in [4.69, 9.17) is 4.74 Å². The van der Waals surface area contributed by atoms with E-state index in [1.807, 2.05) is 17.8 Å². The Hall–Kier alpha value is -0.740. The van der Waals surface area contributed by atoms with Crippen LogP contribution in [0.5, 0.6) is 5.75 Å². The minimum absolute atomic E-state index is 0.287. The Morgan fingerprint density at radius 1 is 1.44 bits per heavy atom. The Kier molecular flexibility index (Phi) is 4.89. The summed E-state index contributed by atoms with van der Waals surface area (Å²) in [6.45, 7) is 0.725. The third kappa shape index (κ3) is 3.18. The Bertz CT molecular complexity index is 399. The molecule has 0 aromatic heterocycles. The molecule has 0 saturated heterocycles. The number of hydrogen-bond donors (Lipinski definition) is 1. The van der Waals surface area contributed by atoms with Gasteiger partial charge in [-0.25, -0.2) is 4.39 Å². The van der Waals surface area contributed by atoms with Crippen LogP contribution >= 0.6 is 11.8 Å². The van der Waals surface area contributed by atoms with Crippen LogP contribution in [0.4, 0.5) is 4.39 Å². The van der Waals surface area contributed by atoms with E-state index in [0.29, 0.717) is 17.0 Å². The monoisotopic (exact) mass is 269 g/mol. The Balaban J connectivity index is 1.92. The summed E-state index contributed by atoms with van der Waals surface area (Å²) in [6.07, 6.45) is 5.97. The summed E-state index contributed by atoms with van der Waals surface area (Å²) in [5, 5.41) is 4.24. The molecule has 1 aliphatic carbocycles. The molecule has 0 aliphatic heterocycles. The van der Waals surface area contributed by atoms with Gasteiger partial charge in [-0.1, -0.05) is 12.5 Å². The molecule has 1 fully saturated rings. The maximum Gasteiger partial charge on any atom is 0.165 e.